The number of fused-ring (bicyclic) bond motifs is 3. The first-order chi connectivity index (χ1) is 14.8. The van der Waals surface area contributed by atoms with E-state index in [9.17, 15) is 30.6 Å². The lowest BCUT2D eigenvalue weighted by Crippen LogP contribution is -2.60. The molecule has 8 heteroatoms. The molecule has 1 saturated heterocycles. The van der Waals surface area contributed by atoms with Crippen LogP contribution >= 0.6 is 0 Å². The van der Waals surface area contributed by atoms with Crippen LogP contribution in [0, 0.1) is 13.8 Å². The highest BCUT2D eigenvalue weighted by atomic mass is 16.7. The SMILES string of the molecule is Cc1c(OC2OC(CO)C(O)C(O)C2O)ccc2c1CCc1c(C)c(O)cc(CO)c1-2. The monoisotopic (exact) mass is 432 g/mol. The van der Waals surface area contributed by atoms with Crippen LogP contribution in [0.15, 0.2) is 18.2 Å². The van der Waals surface area contributed by atoms with E-state index in [1.165, 1.54) is 0 Å². The quantitative estimate of drug-likeness (QED) is 0.409. The third-order valence-electron chi connectivity index (χ3n) is 6.48. The highest BCUT2D eigenvalue weighted by Crippen LogP contribution is 2.44. The molecule has 0 saturated carbocycles. The summed E-state index contributed by atoms with van der Waals surface area (Å²) in [6.07, 6.45) is -5.34. The summed E-state index contributed by atoms with van der Waals surface area (Å²) in [4.78, 5) is 0. The first-order valence-electron chi connectivity index (χ1n) is 10.3. The van der Waals surface area contributed by atoms with Gasteiger partial charge in [-0.3, -0.25) is 0 Å². The second kappa shape index (κ2) is 8.38. The van der Waals surface area contributed by atoms with E-state index >= 15 is 0 Å². The van der Waals surface area contributed by atoms with Crippen molar-refractivity contribution in [3.05, 3.63) is 46.0 Å². The predicted molar refractivity (Wildman–Crippen MR) is 111 cm³/mol. The van der Waals surface area contributed by atoms with Crippen LogP contribution in [0.2, 0.25) is 0 Å². The Kier molecular flexibility index (Phi) is 5.95. The molecule has 0 aromatic heterocycles. The zero-order chi connectivity index (χ0) is 22.4. The number of aliphatic hydroxyl groups is 5. The fourth-order valence-corrected chi connectivity index (χ4v) is 4.61. The average Bonchev–Trinajstić information content (AvgIpc) is 2.77. The van der Waals surface area contributed by atoms with Gasteiger partial charge in [0.15, 0.2) is 0 Å². The Bertz CT molecular complexity index is 986. The molecule has 0 spiro atoms. The largest absolute Gasteiger partial charge is 0.508 e. The number of benzene rings is 2. The van der Waals surface area contributed by atoms with Crippen LogP contribution in [0.4, 0.5) is 0 Å². The number of phenolic OH excluding ortho intramolecular Hbond substituents is 1. The smallest absolute Gasteiger partial charge is 0.229 e. The number of ether oxygens (including phenoxy) is 2. The lowest BCUT2D eigenvalue weighted by molar-refractivity contribution is -0.277. The van der Waals surface area contributed by atoms with Gasteiger partial charge in [0.05, 0.1) is 13.2 Å². The van der Waals surface area contributed by atoms with Crippen LogP contribution in [0.3, 0.4) is 0 Å². The highest BCUT2D eigenvalue weighted by molar-refractivity contribution is 5.80. The summed E-state index contributed by atoms with van der Waals surface area (Å²) in [5.41, 5.74) is 6.19. The summed E-state index contributed by atoms with van der Waals surface area (Å²) in [5, 5.41) is 59.7. The third-order valence-corrected chi connectivity index (χ3v) is 6.48. The Morgan fingerprint density at radius 3 is 2.35 bits per heavy atom. The summed E-state index contributed by atoms with van der Waals surface area (Å²) < 4.78 is 11.3. The van der Waals surface area contributed by atoms with Gasteiger partial charge >= 0.3 is 0 Å². The maximum Gasteiger partial charge on any atom is 0.229 e. The summed E-state index contributed by atoms with van der Waals surface area (Å²) in [5.74, 6) is 0.623. The van der Waals surface area contributed by atoms with Crippen molar-refractivity contribution in [2.45, 2.75) is 64.0 Å². The molecule has 6 N–H and O–H groups in total. The molecule has 2 aliphatic rings. The first kappa shape index (κ1) is 22.0. The zero-order valence-electron chi connectivity index (χ0n) is 17.4. The minimum Gasteiger partial charge on any atom is -0.508 e. The molecule has 31 heavy (non-hydrogen) atoms. The van der Waals surface area contributed by atoms with Gasteiger partial charge in [0.2, 0.25) is 6.29 Å². The molecule has 5 unspecified atom stereocenters. The summed E-state index contributed by atoms with van der Waals surface area (Å²) in [6.45, 7) is 3.03. The van der Waals surface area contributed by atoms with Crippen LogP contribution < -0.4 is 4.74 Å². The van der Waals surface area contributed by atoms with Crippen molar-refractivity contribution in [3.63, 3.8) is 0 Å². The van der Waals surface area contributed by atoms with Crippen molar-refractivity contribution in [2.24, 2.45) is 0 Å². The van der Waals surface area contributed by atoms with Crippen LogP contribution in [0.25, 0.3) is 11.1 Å². The van der Waals surface area contributed by atoms with E-state index in [2.05, 4.69) is 0 Å². The lowest BCUT2D eigenvalue weighted by Gasteiger charge is -2.40. The molecule has 2 aromatic carbocycles. The Morgan fingerprint density at radius 1 is 0.968 bits per heavy atom. The normalized spacial score (nSPS) is 27.5. The van der Waals surface area contributed by atoms with Crippen LogP contribution in [0.1, 0.15) is 27.8 Å². The number of hydrogen-bond donors (Lipinski definition) is 6. The van der Waals surface area contributed by atoms with Gasteiger partial charge in [-0.2, -0.15) is 0 Å². The Labute approximate surface area is 179 Å². The van der Waals surface area contributed by atoms with E-state index in [4.69, 9.17) is 9.47 Å². The standard InChI is InChI=1S/C23H28O8/c1-10-14-4-3-13-11(2)17(6-5-15(13)19(14)12(8-24)7-16(10)26)30-23-22(29)21(28)20(27)18(9-25)31-23/h5-7,18,20-29H,3-4,8-9H2,1-2H3. The van der Waals surface area contributed by atoms with Gasteiger partial charge in [-0.15, -0.1) is 0 Å². The Morgan fingerprint density at radius 2 is 1.68 bits per heavy atom. The van der Waals surface area contributed by atoms with E-state index in [1.807, 2.05) is 19.9 Å². The number of aromatic hydroxyl groups is 1. The Hall–Kier alpha value is -2.20. The maximum absolute atomic E-state index is 10.3. The molecule has 1 fully saturated rings. The number of hydrogen-bond acceptors (Lipinski definition) is 8. The second-order valence-corrected chi connectivity index (χ2v) is 8.22. The van der Waals surface area contributed by atoms with E-state index in [0.29, 0.717) is 24.2 Å². The third kappa shape index (κ3) is 3.59. The molecular weight excluding hydrogens is 404 g/mol. The van der Waals surface area contributed by atoms with Crippen molar-refractivity contribution in [1.82, 2.24) is 0 Å². The van der Waals surface area contributed by atoms with Gasteiger partial charge in [-0.1, -0.05) is 6.07 Å². The molecule has 1 aliphatic heterocycles. The molecule has 1 heterocycles. The molecular formula is C23H28O8. The molecule has 5 atom stereocenters. The predicted octanol–water partition coefficient (Wildman–Crippen LogP) is 0.446. The molecule has 2 aromatic rings. The number of phenols is 1. The summed E-state index contributed by atoms with van der Waals surface area (Å²) in [7, 11) is 0. The molecule has 0 amide bonds. The number of aliphatic hydroxyl groups excluding tert-OH is 5. The molecule has 0 bridgehead atoms. The van der Waals surface area contributed by atoms with Gasteiger partial charge < -0.3 is 40.1 Å². The van der Waals surface area contributed by atoms with E-state index < -0.39 is 37.3 Å². The van der Waals surface area contributed by atoms with E-state index in [-0.39, 0.29) is 12.4 Å². The van der Waals surface area contributed by atoms with Gasteiger partial charge in [0.25, 0.3) is 0 Å². The topological polar surface area (TPSA) is 140 Å². The van der Waals surface area contributed by atoms with Crippen molar-refractivity contribution >= 4 is 0 Å². The van der Waals surface area contributed by atoms with Crippen molar-refractivity contribution < 1.29 is 40.1 Å². The fraction of sp³-hybridized carbons (Fsp3) is 0.478. The van der Waals surface area contributed by atoms with Gasteiger partial charge in [-0.05, 0) is 77.8 Å². The molecule has 4 rings (SSSR count). The minimum atomic E-state index is -1.51. The summed E-state index contributed by atoms with van der Waals surface area (Å²) >= 11 is 0. The van der Waals surface area contributed by atoms with Crippen molar-refractivity contribution in [2.75, 3.05) is 6.61 Å². The fourth-order valence-electron chi connectivity index (χ4n) is 4.61. The van der Waals surface area contributed by atoms with E-state index in [0.717, 1.165) is 33.4 Å². The van der Waals surface area contributed by atoms with Crippen LogP contribution in [0.5, 0.6) is 11.5 Å². The van der Waals surface area contributed by atoms with Gasteiger partial charge in [0, 0.05) is 0 Å². The Balaban J connectivity index is 1.70. The molecule has 1 aliphatic carbocycles. The second-order valence-electron chi connectivity index (χ2n) is 8.22. The zero-order valence-corrected chi connectivity index (χ0v) is 17.4. The first-order valence-corrected chi connectivity index (χ1v) is 10.3. The molecule has 0 radical (unpaired) electrons. The molecule has 168 valence electrons. The van der Waals surface area contributed by atoms with Crippen LogP contribution in [-0.2, 0) is 24.2 Å². The molecule has 8 nitrogen and oxygen atoms in total. The maximum atomic E-state index is 10.3. The van der Waals surface area contributed by atoms with E-state index in [1.54, 1.807) is 12.1 Å². The summed E-state index contributed by atoms with van der Waals surface area (Å²) in [6, 6.07) is 5.19. The van der Waals surface area contributed by atoms with Gasteiger partial charge in [0.1, 0.15) is 35.9 Å². The lowest BCUT2D eigenvalue weighted by atomic mass is 9.79. The van der Waals surface area contributed by atoms with Crippen molar-refractivity contribution in [1.29, 1.82) is 0 Å². The highest BCUT2D eigenvalue weighted by Gasteiger charge is 2.45. The average molecular weight is 432 g/mol. The van der Waals surface area contributed by atoms with Gasteiger partial charge in [-0.25, -0.2) is 0 Å². The number of rotatable bonds is 4. The van der Waals surface area contributed by atoms with Crippen molar-refractivity contribution in [3.8, 4) is 22.6 Å². The minimum absolute atomic E-state index is 0.172. The van der Waals surface area contributed by atoms with Crippen LogP contribution in [-0.4, -0.2) is 68.0 Å².